The monoisotopic (exact) mass is 397 g/mol. The summed E-state index contributed by atoms with van der Waals surface area (Å²) in [6.45, 7) is 13.4. The van der Waals surface area contributed by atoms with E-state index in [0.29, 0.717) is 6.61 Å². The number of hydrogen-bond donors (Lipinski definition) is 0. The van der Waals surface area contributed by atoms with E-state index in [1.165, 1.54) is 21.9 Å². The minimum absolute atomic E-state index is 0.0544. The van der Waals surface area contributed by atoms with Gasteiger partial charge in [-0.2, -0.15) is 0 Å². The molecule has 0 saturated carbocycles. The van der Waals surface area contributed by atoms with Crippen molar-refractivity contribution in [3.05, 3.63) is 41.5 Å². The van der Waals surface area contributed by atoms with Crippen molar-refractivity contribution in [3.63, 3.8) is 0 Å². The van der Waals surface area contributed by atoms with Crippen LogP contribution < -0.4 is 4.74 Å². The van der Waals surface area contributed by atoms with Gasteiger partial charge in [0, 0.05) is 12.1 Å². The van der Waals surface area contributed by atoms with Gasteiger partial charge < -0.3 is 9.47 Å². The number of piperidine rings is 1. The number of fused-ring (bicyclic) bond motifs is 1. The number of nitrogens with zero attached hydrogens (tertiary/aromatic N) is 1. The summed E-state index contributed by atoms with van der Waals surface area (Å²) in [4.78, 5) is 14.8. The standard InChI is InChI=1S/C25H35NO3/c1-6-19(4)29-23-16-18(3)20-10-8-9-11-21(20)22(23)17-26-14-12-25(5,13-15-26)24(27)28-7-2/h8-11,16,19H,6-7,12-15,17H2,1-5H3. The Bertz CT molecular complexity index is 853. The van der Waals surface area contributed by atoms with E-state index in [9.17, 15) is 4.79 Å². The number of esters is 1. The van der Waals surface area contributed by atoms with Crippen molar-refractivity contribution in [2.75, 3.05) is 19.7 Å². The van der Waals surface area contributed by atoms with E-state index in [2.05, 4.69) is 56.0 Å². The van der Waals surface area contributed by atoms with Crippen molar-refractivity contribution in [1.29, 1.82) is 0 Å². The van der Waals surface area contributed by atoms with Gasteiger partial charge in [-0.05, 0) is 82.4 Å². The lowest BCUT2D eigenvalue weighted by atomic mass is 9.80. The summed E-state index contributed by atoms with van der Waals surface area (Å²) >= 11 is 0. The molecule has 3 rings (SSSR count). The number of hydrogen-bond acceptors (Lipinski definition) is 4. The fraction of sp³-hybridized carbons (Fsp3) is 0.560. The molecule has 0 spiro atoms. The lowest BCUT2D eigenvalue weighted by molar-refractivity contribution is -0.157. The zero-order valence-electron chi connectivity index (χ0n) is 18.6. The van der Waals surface area contributed by atoms with E-state index in [-0.39, 0.29) is 17.5 Å². The first-order valence-electron chi connectivity index (χ1n) is 11.0. The average molecular weight is 398 g/mol. The van der Waals surface area contributed by atoms with Crippen molar-refractivity contribution in [1.82, 2.24) is 4.90 Å². The predicted molar refractivity (Wildman–Crippen MR) is 118 cm³/mol. The largest absolute Gasteiger partial charge is 0.490 e. The highest BCUT2D eigenvalue weighted by Crippen LogP contribution is 2.36. The maximum absolute atomic E-state index is 12.3. The fourth-order valence-electron chi connectivity index (χ4n) is 4.09. The molecular weight excluding hydrogens is 362 g/mol. The molecule has 1 fully saturated rings. The summed E-state index contributed by atoms with van der Waals surface area (Å²) in [6.07, 6.45) is 2.82. The molecule has 1 saturated heterocycles. The molecule has 29 heavy (non-hydrogen) atoms. The van der Waals surface area contributed by atoms with Crippen LogP contribution in [-0.4, -0.2) is 36.7 Å². The quantitative estimate of drug-likeness (QED) is 0.579. The van der Waals surface area contributed by atoms with Crippen molar-refractivity contribution >= 4 is 16.7 Å². The van der Waals surface area contributed by atoms with Crippen LogP contribution >= 0.6 is 0 Å². The Morgan fingerprint density at radius 2 is 1.83 bits per heavy atom. The molecule has 0 aliphatic carbocycles. The summed E-state index contributed by atoms with van der Waals surface area (Å²) in [5.41, 5.74) is 2.14. The Morgan fingerprint density at radius 3 is 2.45 bits per heavy atom. The summed E-state index contributed by atoms with van der Waals surface area (Å²) in [6, 6.07) is 10.8. The molecule has 0 aromatic heterocycles. The Labute approximate surface area is 175 Å². The molecule has 0 bridgehead atoms. The van der Waals surface area contributed by atoms with E-state index < -0.39 is 0 Å². The van der Waals surface area contributed by atoms with Crippen molar-refractivity contribution < 1.29 is 14.3 Å². The van der Waals surface area contributed by atoms with Gasteiger partial charge in [-0.1, -0.05) is 31.2 Å². The van der Waals surface area contributed by atoms with Crippen LogP contribution in [0.3, 0.4) is 0 Å². The number of likely N-dealkylation sites (tertiary alicyclic amines) is 1. The van der Waals surface area contributed by atoms with Gasteiger partial charge in [0.15, 0.2) is 0 Å². The molecule has 1 unspecified atom stereocenters. The third-order valence-corrected chi connectivity index (χ3v) is 6.33. The van der Waals surface area contributed by atoms with Gasteiger partial charge in [-0.25, -0.2) is 0 Å². The van der Waals surface area contributed by atoms with E-state index in [1.54, 1.807) is 0 Å². The van der Waals surface area contributed by atoms with E-state index in [0.717, 1.165) is 44.6 Å². The van der Waals surface area contributed by atoms with E-state index in [1.807, 2.05) is 13.8 Å². The molecule has 1 aliphatic heterocycles. The topological polar surface area (TPSA) is 38.8 Å². The second kappa shape index (κ2) is 9.17. The highest BCUT2D eigenvalue weighted by molar-refractivity contribution is 5.90. The number of carbonyl (C=O) groups is 1. The molecule has 158 valence electrons. The van der Waals surface area contributed by atoms with Crippen LogP contribution in [0.15, 0.2) is 30.3 Å². The smallest absolute Gasteiger partial charge is 0.311 e. The average Bonchev–Trinajstić information content (AvgIpc) is 2.72. The minimum Gasteiger partial charge on any atom is -0.490 e. The summed E-state index contributed by atoms with van der Waals surface area (Å²) in [7, 11) is 0. The SMILES string of the molecule is CCOC(=O)C1(C)CCN(Cc2c(OC(C)CC)cc(C)c3ccccc23)CC1. The number of aryl methyl sites for hydroxylation is 1. The molecule has 4 nitrogen and oxygen atoms in total. The third kappa shape index (κ3) is 4.75. The summed E-state index contributed by atoms with van der Waals surface area (Å²) in [5, 5.41) is 2.55. The van der Waals surface area contributed by atoms with Gasteiger partial charge in [-0.3, -0.25) is 9.69 Å². The highest BCUT2D eigenvalue weighted by Gasteiger charge is 2.38. The molecular formula is C25H35NO3. The van der Waals surface area contributed by atoms with Gasteiger partial charge in [0.1, 0.15) is 5.75 Å². The second-order valence-corrected chi connectivity index (χ2v) is 8.61. The molecule has 1 aliphatic rings. The summed E-state index contributed by atoms with van der Waals surface area (Å²) < 4.78 is 11.6. The van der Waals surface area contributed by atoms with Crippen molar-refractivity contribution in [3.8, 4) is 5.75 Å². The predicted octanol–water partition coefficient (Wildman–Crippen LogP) is 5.49. The van der Waals surface area contributed by atoms with Crippen LogP contribution in [-0.2, 0) is 16.1 Å². The normalized spacial score (nSPS) is 17.8. The van der Waals surface area contributed by atoms with Crippen molar-refractivity contribution in [2.45, 2.75) is 66.5 Å². The number of ether oxygens (including phenoxy) is 2. The molecule has 2 aromatic rings. The van der Waals surface area contributed by atoms with Crippen LogP contribution in [0.2, 0.25) is 0 Å². The Hall–Kier alpha value is -2.07. The van der Waals surface area contributed by atoms with Gasteiger partial charge >= 0.3 is 5.97 Å². The molecule has 1 heterocycles. The molecule has 4 heteroatoms. The fourth-order valence-corrected chi connectivity index (χ4v) is 4.09. The Kier molecular flexibility index (Phi) is 6.84. The maximum Gasteiger partial charge on any atom is 0.311 e. The van der Waals surface area contributed by atoms with Crippen LogP contribution in [0.4, 0.5) is 0 Å². The number of rotatable bonds is 7. The molecule has 0 amide bonds. The molecule has 2 aromatic carbocycles. The summed E-state index contributed by atoms with van der Waals surface area (Å²) in [5.74, 6) is 0.940. The first-order valence-corrected chi connectivity index (χ1v) is 11.0. The number of benzene rings is 2. The van der Waals surface area contributed by atoms with Crippen LogP contribution in [0.1, 0.15) is 58.1 Å². The van der Waals surface area contributed by atoms with E-state index >= 15 is 0 Å². The Balaban J connectivity index is 1.85. The zero-order chi connectivity index (χ0) is 21.0. The first-order chi connectivity index (χ1) is 13.9. The lowest BCUT2D eigenvalue weighted by Crippen LogP contribution is -2.43. The van der Waals surface area contributed by atoms with Crippen molar-refractivity contribution in [2.24, 2.45) is 5.41 Å². The van der Waals surface area contributed by atoms with Gasteiger partial charge in [-0.15, -0.1) is 0 Å². The third-order valence-electron chi connectivity index (χ3n) is 6.33. The lowest BCUT2D eigenvalue weighted by Gasteiger charge is -2.38. The minimum atomic E-state index is -0.363. The molecule has 1 atom stereocenters. The van der Waals surface area contributed by atoms with Gasteiger partial charge in [0.05, 0.1) is 18.1 Å². The highest BCUT2D eigenvalue weighted by atomic mass is 16.5. The molecule has 0 radical (unpaired) electrons. The van der Waals surface area contributed by atoms with Gasteiger partial charge in [0.2, 0.25) is 0 Å². The molecule has 0 N–H and O–H groups in total. The second-order valence-electron chi connectivity index (χ2n) is 8.61. The van der Waals surface area contributed by atoms with Gasteiger partial charge in [0.25, 0.3) is 0 Å². The first kappa shape index (κ1) is 21.6. The van der Waals surface area contributed by atoms with Crippen LogP contribution in [0.5, 0.6) is 5.75 Å². The maximum atomic E-state index is 12.3. The zero-order valence-corrected chi connectivity index (χ0v) is 18.6. The Morgan fingerprint density at radius 1 is 1.17 bits per heavy atom. The van der Waals surface area contributed by atoms with E-state index in [4.69, 9.17) is 9.47 Å². The van der Waals surface area contributed by atoms with Crippen LogP contribution in [0.25, 0.3) is 10.8 Å². The number of carbonyl (C=O) groups excluding carboxylic acids is 1. The van der Waals surface area contributed by atoms with Crippen LogP contribution in [0, 0.1) is 12.3 Å².